The summed E-state index contributed by atoms with van der Waals surface area (Å²) < 4.78 is 31.7. The lowest BCUT2D eigenvalue weighted by Gasteiger charge is -2.19. The predicted molar refractivity (Wildman–Crippen MR) is 102 cm³/mol. The van der Waals surface area contributed by atoms with Crippen molar-refractivity contribution in [3.8, 4) is 0 Å². The Balaban J connectivity index is 0.000000370. The molecular formula is C17H21F3N4O4S. The van der Waals surface area contributed by atoms with Gasteiger partial charge in [-0.1, -0.05) is 18.2 Å². The van der Waals surface area contributed by atoms with Crippen LogP contribution in [0.5, 0.6) is 0 Å². The number of para-hydroxylation sites is 1. The number of carboxylic acid groups (broad SMARTS) is 1. The quantitative estimate of drug-likeness (QED) is 0.577. The molecule has 1 aromatic carbocycles. The Morgan fingerprint density at radius 2 is 1.86 bits per heavy atom. The number of hydrogen-bond donors (Lipinski definition) is 4. The molecule has 2 aliphatic rings. The lowest BCUT2D eigenvalue weighted by Crippen LogP contribution is -2.42. The zero-order chi connectivity index (χ0) is 21.4. The number of hydrogen-bond acceptors (Lipinski definition) is 5. The zero-order valence-electron chi connectivity index (χ0n) is 15.2. The third-order valence-electron chi connectivity index (χ3n) is 4.10. The van der Waals surface area contributed by atoms with E-state index in [9.17, 15) is 22.8 Å². The summed E-state index contributed by atoms with van der Waals surface area (Å²) in [6.45, 7) is 1.45. The first-order valence-electron chi connectivity index (χ1n) is 8.69. The molecule has 1 aromatic rings. The van der Waals surface area contributed by atoms with Crippen LogP contribution in [0.4, 0.5) is 23.7 Å². The van der Waals surface area contributed by atoms with Gasteiger partial charge in [0.15, 0.2) is 0 Å². The van der Waals surface area contributed by atoms with Gasteiger partial charge in [0.25, 0.3) is 0 Å². The van der Waals surface area contributed by atoms with Gasteiger partial charge in [0, 0.05) is 30.6 Å². The number of rotatable bonds is 3. The maximum Gasteiger partial charge on any atom is 0.490 e. The van der Waals surface area contributed by atoms with E-state index in [1.54, 1.807) is 11.8 Å². The maximum atomic E-state index is 12.3. The number of carbonyl (C=O) groups excluding carboxylic acids is 2. The van der Waals surface area contributed by atoms with Crippen molar-refractivity contribution in [3.05, 3.63) is 30.3 Å². The summed E-state index contributed by atoms with van der Waals surface area (Å²) in [7, 11) is 0. The molecule has 2 atom stereocenters. The van der Waals surface area contributed by atoms with Crippen LogP contribution >= 0.6 is 11.8 Å². The van der Waals surface area contributed by atoms with Gasteiger partial charge in [-0.3, -0.25) is 4.79 Å². The van der Waals surface area contributed by atoms with Crippen molar-refractivity contribution in [2.24, 2.45) is 0 Å². The second kappa shape index (κ2) is 10.3. The van der Waals surface area contributed by atoms with E-state index in [-0.39, 0.29) is 24.0 Å². The summed E-state index contributed by atoms with van der Waals surface area (Å²) in [5, 5.41) is 16.0. The van der Waals surface area contributed by atoms with Gasteiger partial charge in [0.1, 0.15) is 0 Å². The number of halogens is 3. The maximum absolute atomic E-state index is 12.3. The summed E-state index contributed by atoms with van der Waals surface area (Å²) in [4.78, 5) is 35.0. The van der Waals surface area contributed by atoms with Gasteiger partial charge < -0.3 is 26.0 Å². The van der Waals surface area contributed by atoms with E-state index >= 15 is 0 Å². The Morgan fingerprint density at radius 1 is 1.21 bits per heavy atom. The number of carboxylic acids is 1. The third-order valence-corrected chi connectivity index (χ3v) is 5.07. The summed E-state index contributed by atoms with van der Waals surface area (Å²) in [6, 6.07) is 8.88. The second-order valence-corrected chi connectivity index (χ2v) is 7.37. The van der Waals surface area contributed by atoms with Crippen LogP contribution in [0.15, 0.2) is 30.3 Å². The first-order valence-corrected chi connectivity index (χ1v) is 9.85. The van der Waals surface area contributed by atoms with Crippen LogP contribution in [-0.2, 0) is 9.59 Å². The van der Waals surface area contributed by atoms with Crippen LogP contribution in [0.1, 0.15) is 6.42 Å². The Hall–Kier alpha value is -2.47. The number of nitrogens with one attached hydrogen (secondary N) is 3. The molecule has 0 aliphatic carbocycles. The molecule has 12 heteroatoms. The van der Waals surface area contributed by atoms with Gasteiger partial charge in [0.2, 0.25) is 5.91 Å². The van der Waals surface area contributed by atoms with Crippen LogP contribution in [0.25, 0.3) is 0 Å². The highest BCUT2D eigenvalue weighted by atomic mass is 32.2. The van der Waals surface area contributed by atoms with Crippen molar-refractivity contribution >= 4 is 35.4 Å². The van der Waals surface area contributed by atoms with Gasteiger partial charge in [-0.15, -0.1) is 11.8 Å². The number of amides is 3. The fourth-order valence-corrected chi connectivity index (χ4v) is 3.67. The first kappa shape index (κ1) is 22.8. The number of nitrogens with zero attached hydrogens (tertiary/aromatic N) is 1. The second-order valence-electron chi connectivity index (χ2n) is 6.30. The highest BCUT2D eigenvalue weighted by Crippen LogP contribution is 2.17. The molecule has 4 N–H and O–H groups in total. The number of benzene rings is 1. The van der Waals surface area contributed by atoms with Gasteiger partial charge in [0.05, 0.1) is 11.9 Å². The standard InChI is InChI=1S/C15H20N4O2S.C2HF3O2/c20-14(19-6-7-22-10-19)13-8-12(9-16-13)18-15(21)17-11-4-2-1-3-5-11;3-2(4,5)1(6)7/h1-5,12-13,16H,6-10H2,(H2,17,18,21);(H,6,7)/t12-,13-;/m0./s1. The molecule has 8 nitrogen and oxygen atoms in total. The van der Waals surface area contributed by atoms with Crippen LogP contribution in [0.3, 0.4) is 0 Å². The van der Waals surface area contributed by atoms with Gasteiger partial charge >= 0.3 is 18.2 Å². The zero-order valence-corrected chi connectivity index (χ0v) is 16.1. The number of aliphatic carboxylic acids is 1. The molecule has 2 aliphatic heterocycles. The minimum absolute atomic E-state index is 0.0204. The fraction of sp³-hybridized carbons (Fsp3) is 0.471. The normalized spacial score (nSPS) is 21.1. The van der Waals surface area contributed by atoms with E-state index < -0.39 is 12.1 Å². The molecule has 29 heavy (non-hydrogen) atoms. The van der Waals surface area contributed by atoms with Crippen LogP contribution < -0.4 is 16.0 Å². The molecule has 3 rings (SSSR count). The van der Waals surface area contributed by atoms with E-state index in [0.29, 0.717) is 13.0 Å². The van der Waals surface area contributed by atoms with Crippen molar-refractivity contribution in [1.82, 2.24) is 15.5 Å². The Morgan fingerprint density at radius 3 is 2.41 bits per heavy atom. The Bertz CT molecular complexity index is 714. The van der Waals surface area contributed by atoms with Gasteiger partial charge in [-0.2, -0.15) is 13.2 Å². The van der Waals surface area contributed by atoms with Crippen molar-refractivity contribution in [1.29, 1.82) is 0 Å². The summed E-state index contributed by atoms with van der Waals surface area (Å²) in [5.74, 6) is -0.811. The monoisotopic (exact) mass is 434 g/mol. The molecule has 3 amide bonds. The van der Waals surface area contributed by atoms with Crippen molar-refractivity contribution in [2.45, 2.75) is 24.7 Å². The summed E-state index contributed by atoms with van der Waals surface area (Å²) in [6.07, 6.45) is -4.44. The number of alkyl halides is 3. The van der Waals surface area contributed by atoms with Crippen molar-refractivity contribution in [3.63, 3.8) is 0 Å². The minimum Gasteiger partial charge on any atom is -0.475 e. The number of anilines is 1. The van der Waals surface area contributed by atoms with E-state index in [1.807, 2.05) is 35.2 Å². The molecule has 2 fully saturated rings. The smallest absolute Gasteiger partial charge is 0.475 e. The molecule has 2 saturated heterocycles. The topological polar surface area (TPSA) is 111 Å². The number of thioether (sulfide) groups is 1. The largest absolute Gasteiger partial charge is 0.490 e. The Labute approximate surface area is 169 Å². The molecule has 0 spiro atoms. The van der Waals surface area contributed by atoms with Crippen molar-refractivity contribution in [2.75, 3.05) is 30.0 Å². The highest BCUT2D eigenvalue weighted by Gasteiger charge is 2.38. The van der Waals surface area contributed by atoms with Gasteiger partial charge in [-0.25, -0.2) is 9.59 Å². The lowest BCUT2D eigenvalue weighted by molar-refractivity contribution is -0.192. The van der Waals surface area contributed by atoms with Crippen LogP contribution in [0, 0.1) is 0 Å². The Kier molecular flexibility index (Phi) is 8.14. The number of carbonyl (C=O) groups is 3. The average molecular weight is 434 g/mol. The SMILES string of the molecule is O=C(Nc1ccccc1)N[C@@H]1CN[C@H](C(=O)N2CCSC2)C1.O=C(O)C(F)(F)F. The van der Waals surface area contributed by atoms with E-state index in [4.69, 9.17) is 9.90 Å². The van der Waals surface area contributed by atoms with E-state index in [0.717, 1.165) is 23.9 Å². The highest BCUT2D eigenvalue weighted by molar-refractivity contribution is 7.99. The van der Waals surface area contributed by atoms with Crippen LogP contribution in [0.2, 0.25) is 0 Å². The minimum atomic E-state index is -5.08. The van der Waals surface area contributed by atoms with Gasteiger partial charge in [-0.05, 0) is 18.6 Å². The molecule has 0 saturated carbocycles. The molecule has 2 heterocycles. The third kappa shape index (κ3) is 7.46. The van der Waals surface area contributed by atoms with E-state index in [1.165, 1.54) is 0 Å². The molecule has 0 radical (unpaired) electrons. The first-order chi connectivity index (χ1) is 13.7. The average Bonchev–Trinajstić information content (AvgIpc) is 3.33. The fourth-order valence-electron chi connectivity index (χ4n) is 2.72. The lowest BCUT2D eigenvalue weighted by atomic mass is 10.1. The molecule has 0 bridgehead atoms. The summed E-state index contributed by atoms with van der Waals surface area (Å²) >= 11 is 1.78. The summed E-state index contributed by atoms with van der Waals surface area (Å²) in [5.41, 5.74) is 0.757. The van der Waals surface area contributed by atoms with Crippen LogP contribution in [-0.4, -0.2) is 70.9 Å². The number of urea groups is 1. The predicted octanol–water partition coefficient (Wildman–Crippen LogP) is 1.70. The molecule has 0 unspecified atom stereocenters. The molecule has 0 aromatic heterocycles. The van der Waals surface area contributed by atoms with Crippen molar-refractivity contribution < 1.29 is 32.7 Å². The van der Waals surface area contributed by atoms with E-state index in [2.05, 4.69) is 16.0 Å². The molecular weight excluding hydrogens is 413 g/mol. The molecule has 160 valence electrons.